The van der Waals surface area contributed by atoms with Crippen LogP contribution in [0.2, 0.25) is 0 Å². The zero-order valence-corrected chi connectivity index (χ0v) is 25.8. The normalized spacial score (nSPS) is 14.8. The van der Waals surface area contributed by atoms with Crippen LogP contribution in [0.15, 0.2) is 107 Å². The van der Waals surface area contributed by atoms with Crippen molar-refractivity contribution in [2.75, 3.05) is 7.11 Å². The summed E-state index contributed by atoms with van der Waals surface area (Å²) in [6.07, 6.45) is 4.87. The number of halogens is 1. The first-order chi connectivity index (χ1) is 19.9. The molecule has 8 heteroatoms. The molecule has 1 aromatic heterocycles. The number of aromatic nitrogens is 1. The van der Waals surface area contributed by atoms with E-state index in [9.17, 15) is 9.59 Å². The summed E-state index contributed by atoms with van der Waals surface area (Å²) >= 11 is 3.60. The number of allylic oxidation sites excluding steroid dienone is 2. The van der Waals surface area contributed by atoms with Gasteiger partial charge < -0.3 is 9.47 Å². The smallest absolute Gasteiger partial charge is 0.338 e. The molecule has 2 heterocycles. The molecule has 41 heavy (non-hydrogen) atoms. The van der Waals surface area contributed by atoms with Crippen molar-refractivity contribution in [1.29, 1.82) is 0 Å². The third-order valence-corrected chi connectivity index (χ3v) is 8.52. The lowest BCUT2D eigenvalue weighted by Crippen LogP contribution is -2.40. The highest BCUT2D eigenvalue weighted by Gasteiger charge is 2.33. The van der Waals surface area contributed by atoms with Crippen LogP contribution in [0.25, 0.3) is 6.08 Å². The van der Waals surface area contributed by atoms with Gasteiger partial charge in [-0.2, -0.15) is 0 Å². The Balaban J connectivity index is 1.56. The van der Waals surface area contributed by atoms with Gasteiger partial charge >= 0.3 is 5.97 Å². The Morgan fingerprint density at radius 3 is 2.56 bits per heavy atom. The Bertz CT molecular complexity index is 1800. The summed E-state index contributed by atoms with van der Waals surface area (Å²) in [4.78, 5) is 32.1. The van der Waals surface area contributed by atoms with Crippen LogP contribution in [0.3, 0.4) is 0 Å². The number of fused-ring (bicyclic) bond motifs is 1. The van der Waals surface area contributed by atoms with Gasteiger partial charge in [-0.25, -0.2) is 9.79 Å². The van der Waals surface area contributed by atoms with Gasteiger partial charge in [-0.15, -0.1) is 6.58 Å². The predicted octanol–water partition coefficient (Wildman–Crippen LogP) is 5.71. The van der Waals surface area contributed by atoms with Crippen molar-refractivity contribution >= 4 is 46.0 Å². The zero-order chi connectivity index (χ0) is 28.9. The first-order valence-electron chi connectivity index (χ1n) is 13.2. The molecular weight excluding hydrogens is 647 g/mol. The maximum Gasteiger partial charge on any atom is 0.338 e. The standard InChI is InChI=1S/C33H29IN2O4S/c1-4-9-24-18-22(14-17-27(24)40-20-21-12-15-25(34)16-13-21)19-28-31(37)36-30(23-10-7-6-8-11-23)29(32(38)39-3)26(5-2)35-33(36)41-28/h4,6-8,10-19,30H,1,5,9,20H2,2-3H3/b28-19-/t30-/m1/s1. The monoisotopic (exact) mass is 676 g/mol. The molecule has 0 spiro atoms. The molecular formula is C33H29IN2O4S. The average molecular weight is 677 g/mol. The van der Waals surface area contributed by atoms with Crippen LogP contribution in [0.4, 0.5) is 0 Å². The number of thiazole rings is 1. The van der Waals surface area contributed by atoms with Crippen molar-refractivity contribution in [1.82, 2.24) is 4.57 Å². The summed E-state index contributed by atoms with van der Waals surface area (Å²) in [6, 6.07) is 23.1. The molecule has 1 aliphatic heterocycles. The van der Waals surface area contributed by atoms with Crippen molar-refractivity contribution in [3.05, 3.63) is 142 Å². The van der Waals surface area contributed by atoms with Crippen molar-refractivity contribution in [2.24, 2.45) is 4.99 Å². The SMILES string of the molecule is C=CCc1cc(/C=c2\sc3n(c2=O)[C@H](c2ccccc2)C(C(=O)OC)=C(CC)N=3)ccc1OCc1ccc(I)cc1. The molecule has 0 saturated carbocycles. The molecule has 0 amide bonds. The van der Waals surface area contributed by atoms with Crippen LogP contribution >= 0.6 is 33.9 Å². The third-order valence-electron chi connectivity index (χ3n) is 6.82. The van der Waals surface area contributed by atoms with E-state index >= 15 is 0 Å². The lowest BCUT2D eigenvalue weighted by atomic mass is 9.95. The number of rotatable bonds is 9. The first kappa shape index (κ1) is 28.8. The fourth-order valence-corrected chi connectivity index (χ4v) is 6.23. The van der Waals surface area contributed by atoms with E-state index < -0.39 is 12.0 Å². The van der Waals surface area contributed by atoms with Crippen molar-refractivity contribution < 1.29 is 14.3 Å². The quantitative estimate of drug-likeness (QED) is 0.130. The molecule has 1 aliphatic rings. The maximum atomic E-state index is 13.9. The van der Waals surface area contributed by atoms with Gasteiger partial charge in [0.2, 0.25) is 0 Å². The van der Waals surface area contributed by atoms with Gasteiger partial charge in [0.05, 0.1) is 29.0 Å². The van der Waals surface area contributed by atoms with Crippen LogP contribution < -0.4 is 19.6 Å². The van der Waals surface area contributed by atoms with Gasteiger partial charge in [-0.3, -0.25) is 9.36 Å². The van der Waals surface area contributed by atoms with Gasteiger partial charge in [0.1, 0.15) is 12.4 Å². The average Bonchev–Trinajstić information content (AvgIpc) is 3.30. The van der Waals surface area contributed by atoms with Crippen molar-refractivity contribution in [2.45, 2.75) is 32.4 Å². The molecule has 0 unspecified atom stereocenters. The second-order valence-electron chi connectivity index (χ2n) is 9.47. The first-order valence-corrected chi connectivity index (χ1v) is 15.1. The van der Waals surface area contributed by atoms with Gasteiger partial charge in [-0.05, 0) is 88.0 Å². The van der Waals surface area contributed by atoms with E-state index in [0.29, 0.717) is 40.1 Å². The molecule has 0 N–H and O–H groups in total. The zero-order valence-electron chi connectivity index (χ0n) is 22.8. The van der Waals surface area contributed by atoms with Crippen LogP contribution in [0.5, 0.6) is 5.75 Å². The fraction of sp³-hybridized carbons (Fsp3) is 0.182. The summed E-state index contributed by atoms with van der Waals surface area (Å²) in [5.41, 5.74) is 4.58. The minimum absolute atomic E-state index is 0.205. The summed E-state index contributed by atoms with van der Waals surface area (Å²) < 4.78 is 14.6. The number of benzene rings is 3. The molecule has 1 atom stereocenters. The minimum atomic E-state index is -0.620. The largest absolute Gasteiger partial charge is 0.489 e. The Hall–Kier alpha value is -3.76. The summed E-state index contributed by atoms with van der Waals surface area (Å²) in [7, 11) is 1.35. The highest BCUT2D eigenvalue weighted by atomic mass is 127. The Labute approximate surface area is 256 Å². The van der Waals surface area contributed by atoms with Gasteiger partial charge in [0.25, 0.3) is 5.56 Å². The minimum Gasteiger partial charge on any atom is -0.489 e. The molecule has 0 aliphatic carbocycles. The number of hydrogen-bond donors (Lipinski definition) is 0. The topological polar surface area (TPSA) is 69.9 Å². The van der Waals surface area contributed by atoms with E-state index in [-0.39, 0.29) is 5.56 Å². The molecule has 0 bridgehead atoms. The Morgan fingerprint density at radius 1 is 1.12 bits per heavy atom. The molecule has 6 nitrogen and oxygen atoms in total. The second-order valence-corrected chi connectivity index (χ2v) is 11.7. The number of esters is 1. The molecule has 5 rings (SSSR count). The Kier molecular flexibility index (Phi) is 8.99. The number of methoxy groups -OCH3 is 1. The second kappa shape index (κ2) is 12.8. The fourth-order valence-electron chi connectivity index (χ4n) is 4.85. The van der Waals surface area contributed by atoms with E-state index in [4.69, 9.17) is 14.5 Å². The predicted molar refractivity (Wildman–Crippen MR) is 171 cm³/mol. The van der Waals surface area contributed by atoms with E-state index in [1.807, 2.05) is 67.6 Å². The number of hydrogen-bond acceptors (Lipinski definition) is 6. The van der Waals surface area contributed by atoms with Gasteiger partial charge in [0.15, 0.2) is 4.80 Å². The Morgan fingerprint density at radius 2 is 1.88 bits per heavy atom. The number of carbonyl (C=O) groups is 1. The molecule has 0 saturated heterocycles. The maximum absolute atomic E-state index is 13.9. The van der Waals surface area contributed by atoms with Gasteiger partial charge in [-0.1, -0.05) is 72.9 Å². The van der Waals surface area contributed by atoms with E-state index in [1.165, 1.54) is 22.0 Å². The van der Waals surface area contributed by atoms with E-state index in [2.05, 4.69) is 53.4 Å². The van der Waals surface area contributed by atoms with Crippen LogP contribution in [-0.4, -0.2) is 17.6 Å². The lowest BCUT2D eigenvalue weighted by Gasteiger charge is -2.25. The molecule has 208 valence electrons. The summed E-state index contributed by atoms with van der Waals surface area (Å²) in [6.45, 7) is 6.31. The summed E-state index contributed by atoms with van der Waals surface area (Å²) in [5.74, 6) is 0.296. The molecule has 3 aromatic carbocycles. The molecule has 0 radical (unpaired) electrons. The van der Waals surface area contributed by atoms with Crippen molar-refractivity contribution in [3.8, 4) is 5.75 Å². The van der Waals surface area contributed by atoms with Gasteiger partial charge in [0, 0.05) is 3.57 Å². The molecule has 4 aromatic rings. The summed E-state index contributed by atoms with van der Waals surface area (Å²) in [5, 5.41) is 0. The van der Waals surface area contributed by atoms with Crippen LogP contribution in [-0.2, 0) is 22.6 Å². The number of ether oxygens (including phenoxy) is 2. The highest BCUT2D eigenvalue weighted by Crippen LogP contribution is 2.31. The molecule has 0 fully saturated rings. The third kappa shape index (κ3) is 6.13. The van der Waals surface area contributed by atoms with Crippen LogP contribution in [0.1, 0.15) is 41.6 Å². The van der Waals surface area contributed by atoms with Crippen molar-refractivity contribution in [3.63, 3.8) is 0 Å². The van der Waals surface area contributed by atoms with E-state index in [1.54, 1.807) is 4.57 Å². The lowest BCUT2D eigenvalue weighted by molar-refractivity contribution is -0.136. The van der Waals surface area contributed by atoms with Crippen LogP contribution in [0, 0.1) is 3.57 Å². The van der Waals surface area contributed by atoms with E-state index in [0.717, 1.165) is 28.0 Å². The number of carbonyl (C=O) groups excluding carboxylic acids is 1. The number of nitrogens with zero attached hydrogens (tertiary/aromatic N) is 2. The highest BCUT2D eigenvalue weighted by molar-refractivity contribution is 14.1.